The summed E-state index contributed by atoms with van der Waals surface area (Å²) in [5, 5.41) is 4.01. The SMILES string of the molecule is [B]c1ccc([Si](c2ccccc2)c2cccc(C3CCCC(c4cc(C5CCCCC5)cc(C5CCCCC5)c4S(=O)(=O)O)C3)c2)cc1. The molecule has 48 heavy (non-hydrogen) atoms. The molecule has 0 heterocycles. The Balaban J connectivity index is 1.26. The van der Waals surface area contributed by atoms with Crippen LogP contribution in [0.3, 0.4) is 0 Å². The van der Waals surface area contributed by atoms with Gasteiger partial charge in [0.2, 0.25) is 0 Å². The van der Waals surface area contributed by atoms with Crippen molar-refractivity contribution >= 4 is 47.8 Å². The molecule has 0 saturated heterocycles. The highest BCUT2D eigenvalue weighted by atomic mass is 32.2. The molecule has 0 bridgehead atoms. The third-order valence-corrected chi connectivity index (χ3v) is 15.3. The van der Waals surface area contributed by atoms with Gasteiger partial charge in [-0.05, 0) is 90.9 Å². The van der Waals surface area contributed by atoms with E-state index in [9.17, 15) is 13.0 Å². The summed E-state index contributed by atoms with van der Waals surface area (Å²) < 4.78 is 37.6. The fraction of sp³-hybridized carbons (Fsp3) is 0.429. The topological polar surface area (TPSA) is 54.4 Å². The summed E-state index contributed by atoms with van der Waals surface area (Å²) in [6, 6.07) is 32.8. The van der Waals surface area contributed by atoms with Gasteiger partial charge in [0.15, 0.2) is 8.80 Å². The van der Waals surface area contributed by atoms with Crippen LogP contribution in [-0.4, -0.2) is 29.6 Å². The van der Waals surface area contributed by atoms with Crippen LogP contribution in [-0.2, 0) is 10.1 Å². The van der Waals surface area contributed by atoms with Gasteiger partial charge in [-0.1, -0.05) is 157 Å². The van der Waals surface area contributed by atoms with Gasteiger partial charge in [0.1, 0.15) is 12.7 Å². The molecule has 2 unspecified atom stereocenters. The summed E-state index contributed by atoms with van der Waals surface area (Å²) >= 11 is 0. The molecule has 4 aromatic rings. The van der Waals surface area contributed by atoms with E-state index in [-0.39, 0.29) is 16.7 Å². The van der Waals surface area contributed by atoms with Crippen LogP contribution >= 0.6 is 0 Å². The Labute approximate surface area is 291 Å². The van der Waals surface area contributed by atoms with Crippen LogP contribution in [0.1, 0.15) is 136 Å². The second-order valence-corrected chi connectivity index (χ2v) is 18.6. The maximum absolute atomic E-state index is 13.4. The zero-order valence-corrected chi connectivity index (χ0v) is 29.9. The molecular weight excluding hydrogens is 623 g/mol. The van der Waals surface area contributed by atoms with Crippen molar-refractivity contribution in [3.05, 3.63) is 113 Å². The number of hydrogen-bond acceptors (Lipinski definition) is 2. The number of benzene rings is 4. The Morgan fingerprint density at radius 2 is 1.10 bits per heavy atom. The van der Waals surface area contributed by atoms with Crippen LogP contribution < -0.4 is 21.0 Å². The predicted octanol–water partition coefficient (Wildman–Crippen LogP) is 7.78. The first kappa shape index (κ1) is 33.6. The van der Waals surface area contributed by atoms with E-state index in [4.69, 9.17) is 7.85 Å². The molecule has 247 valence electrons. The lowest BCUT2D eigenvalue weighted by Crippen LogP contribution is -2.52. The van der Waals surface area contributed by atoms with Crippen molar-refractivity contribution in [1.82, 2.24) is 0 Å². The third-order valence-electron chi connectivity index (χ3n) is 11.6. The molecule has 3 fully saturated rings. The molecule has 0 amide bonds. The Bertz CT molecular complexity index is 1790. The zero-order chi connectivity index (χ0) is 33.1. The summed E-state index contributed by atoms with van der Waals surface area (Å²) in [5.74, 6) is 1.13. The molecule has 1 N–H and O–H groups in total. The number of rotatable bonds is 8. The minimum atomic E-state index is -4.38. The third kappa shape index (κ3) is 7.46. The summed E-state index contributed by atoms with van der Waals surface area (Å²) in [5.41, 5.74) is 5.25. The Morgan fingerprint density at radius 3 is 1.77 bits per heavy atom. The van der Waals surface area contributed by atoms with E-state index in [1.165, 1.54) is 65.2 Å². The van der Waals surface area contributed by atoms with E-state index >= 15 is 0 Å². The van der Waals surface area contributed by atoms with E-state index in [1.807, 2.05) is 12.1 Å². The van der Waals surface area contributed by atoms with Crippen molar-refractivity contribution < 1.29 is 13.0 Å². The Morgan fingerprint density at radius 1 is 0.542 bits per heavy atom. The van der Waals surface area contributed by atoms with Gasteiger partial charge in [0, 0.05) is 0 Å². The second-order valence-electron chi connectivity index (χ2n) is 14.7. The van der Waals surface area contributed by atoms with Crippen molar-refractivity contribution in [2.45, 2.75) is 118 Å². The largest absolute Gasteiger partial charge is 0.295 e. The van der Waals surface area contributed by atoms with E-state index in [0.717, 1.165) is 68.0 Å². The molecule has 3 aliphatic rings. The summed E-state index contributed by atoms with van der Waals surface area (Å²) in [4.78, 5) is 0.256. The average molecular weight is 672 g/mol. The minimum Gasteiger partial charge on any atom is -0.282 e. The fourth-order valence-corrected chi connectivity index (χ4v) is 12.8. The van der Waals surface area contributed by atoms with Crippen LogP contribution in [0.15, 0.2) is 95.9 Å². The lowest BCUT2D eigenvalue weighted by Gasteiger charge is -2.34. The first-order chi connectivity index (χ1) is 23.3. The van der Waals surface area contributed by atoms with Crippen molar-refractivity contribution in [1.29, 1.82) is 0 Å². The van der Waals surface area contributed by atoms with Crippen LogP contribution in [0.2, 0.25) is 0 Å². The van der Waals surface area contributed by atoms with Crippen molar-refractivity contribution in [2.24, 2.45) is 0 Å². The smallest absolute Gasteiger partial charge is 0.282 e. The quantitative estimate of drug-likeness (QED) is 0.118. The van der Waals surface area contributed by atoms with Crippen molar-refractivity contribution in [3.63, 3.8) is 0 Å². The van der Waals surface area contributed by atoms with Crippen LogP contribution in [0.25, 0.3) is 0 Å². The van der Waals surface area contributed by atoms with Gasteiger partial charge in [-0.3, -0.25) is 4.55 Å². The molecule has 7 rings (SSSR count). The monoisotopic (exact) mass is 671 g/mol. The highest BCUT2D eigenvalue weighted by molar-refractivity contribution is 7.86. The molecule has 0 aromatic heterocycles. The van der Waals surface area contributed by atoms with Crippen molar-refractivity contribution in [3.8, 4) is 0 Å². The summed E-state index contributed by atoms with van der Waals surface area (Å²) in [7, 11) is 0.458. The second kappa shape index (κ2) is 14.9. The van der Waals surface area contributed by atoms with Crippen LogP contribution in [0.5, 0.6) is 0 Å². The molecule has 0 aliphatic heterocycles. The Hall–Kier alpha value is -2.93. The van der Waals surface area contributed by atoms with E-state index in [2.05, 4.69) is 78.9 Å². The molecular formula is C42H48BO3SSi. The van der Waals surface area contributed by atoms with E-state index in [0.29, 0.717) is 11.8 Å². The standard InChI is InChI=1S/C42H48BO3SSi/c43-36-22-24-38(25-23-36)48(37-19-8-3-9-20-37)39-21-11-17-33(27-39)32-16-10-18-34(26-32)41-29-35(30-12-4-1-5-13-30)28-40(42(41)47(44,45)46)31-14-6-2-7-15-31/h3,8-9,11,17,19-25,27-32,34H,1-2,4-7,10,12-16,18,26H2,(H,44,45,46). The summed E-state index contributed by atoms with van der Waals surface area (Å²) in [6.45, 7) is 0. The average Bonchev–Trinajstić information content (AvgIpc) is 3.13. The Kier molecular flexibility index (Phi) is 10.4. The lowest BCUT2D eigenvalue weighted by atomic mass is 9.72. The minimum absolute atomic E-state index is 0.103. The first-order valence-corrected chi connectivity index (χ1v) is 21.3. The lowest BCUT2D eigenvalue weighted by molar-refractivity contribution is 0.384. The van der Waals surface area contributed by atoms with Gasteiger partial charge in [0.25, 0.3) is 10.1 Å². The molecule has 3 saturated carbocycles. The zero-order valence-electron chi connectivity index (χ0n) is 28.1. The molecule has 4 aromatic carbocycles. The van der Waals surface area contributed by atoms with Gasteiger partial charge >= 0.3 is 0 Å². The maximum atomic E-state index is 13.4. The summed E-state index contributed by atoms with van der Waals surface area (Å²) in [6.07, 6.45) is 15.6. The molecule has 2 atom stereocenters. The van der Waals surface area contributed by atoms with Crippen LogP contribution in [0.4, 0.5) is 0 Å². The van der Waals surface area contributed by atoms with Gasteiger partial charge in [-0.25, -0.2) is 0 Å². The van der Waals surface area contributed by atoms with Gasteiger partial charge in [0.05, 0.1) is 0 Å². The van der Waals surface area contributed by atoms with Crippen molar-refractivity contribution in [2.75, 3.05) is 0 Å². The molecule has 6 heteroatoms. The van der Waals surface area contributed by atoms with E-state index in [1.54, 1.807) is 0 Å². The number of hydrogen-bond donors (Lipinski definition) is 1. The highest BCUT2D eigenvalue weighted by Gasteiger charge is 2.34. The first-order valence-electron chi connectivity index (χ1n) is 18.4. The molecule has 3 radical (unpaired) electrons. The normalized spacial score (nSPS) is 21.4. The maximum Gasteiger partial charge on any atom is 0.295 e. The van der Waals surface area contributed by atoms with Crippen LogP contribution in [0, 0.1) is 0 Å². The fourth-order valence-electron chi connectivity index (χ4n) is 9.17. The van der Waals surface area contributed by atoms with Gasteiger partial charge in [-0.15, -0.1) is 0 Å². The van der Waals surface area contributed by atoms with Gasteiger partial charge < -0.3 is 0 Å². The molecule has 3 aliphatic carbocycles. The molecule has 0 spiro atoms. The van der Waals surface area contributed by atoms with E-state index < -0.39 is 18.9 Å². The molecule has 3 nitrogen and oxygen atoms in total. The van der Waals surface area contributed by atoms with Gasteiger partial charge in [-0.2, -0.15) is 8.42 Å². The predicted molar refractivity (Wildman–Crippen MR) is 201 cm³/mol. The highest BCUT2D eigenvalue weighted by Crippen LogP contribution is 2.47.